The number of amides is 2. The van der Waals surface area contributed by atoms with E-state index in [0.717, 1.165) is 43.4 Å². The molecule has 0 aliphatic heterocycles. The first-order valence-electron chi connectivity index (χ1n) is 9.56. The normalized spacial score (nSPS) is 19.8. The number of carbonyl (C=O) groups excluding carboxylic acids is 2. The van der Waals surface area contributed by atoms with Crippen LogP contribution in [0.25, 0.3) is 0 Å². The average Bonchev–Trinajstić information content (AvgIpc) is 2.61. The second kappa shape index (κ2) is 9.81. The molecule has 0 spiro atoms. The van der Waals surface area contributed by atoms with Crippen LogP contribution in [0.2, 0.25) is 0 Å². The van der Waals surface area contributed by atoms with E-state index in [9.17, 15) is 9.59 Å². The molecule has 144 valence electrons. The zero-order valence-corrected chi connectivity index (χ0v) is 16.1. The van der Waals surface area contributed by atoms with Gasteiger partial charge in [-0.15, -0.1) is 12.4 Å². The summed E-state index contributed by atoms with van der Waals surface area (Å²) in [6, 6.07) is 5.91. The molecule has 0 radical (unpaired) electrons. The second-order valence-electron chi connectivity index (χ2n) is 7.46. The number of rotatable bonds is 5. The van der Waals surface area contributed by atoms with Crippen LogP contribution in [0.5, 0.6) is 0 Å². The van der Waals surface area contributed by atoms with Gasteiger partial charge in [0.05, 0.1) is 12.6 Å². The van der Waals surface area contributed by atoms with Crippen molar-refractivity contribution in [3.63, 3.8) is 0 Å². The number of nitrogens with two attached hydrogens (primary N) is 1. The van der Waals surface area contributed by atoms with Crippen LogP contribution in [0.1, 0.15) is 68.5 Å². The van der Waals surface area contributed by atoms with Gasteiger partial charge in [-0.25, -0.2) is 0 Å². The molecule has 0 bridgehead atoms. The third kappa shape index (κ3) is 5.63. The number of carbonyl (C=O) groups is 2. The van der Waals surface area contributed by atoms with E-state index in [4.69, 9.17) is 5.73 Å². The zero-order valence-electron chi connectivity index (χ0n) is 15.3. The molecule has 2 aliphatic rings. The molecule has 6 heteroatoms. The van der Waals surface area contributed by atoms with Crippen LogP contribution in [0, 0.1) is 5.92 Å². The van der Waals surface area contributed by atoms with E-state index >= 15 is 0 Å². The standard InChI is InChI=1S/C20H29N3O2.ClH/c21-16-9-10-17-15(12-16)7-4-8-18(17)23-20(25)13-22-19(24)11-14-5-2-1-3-6-14;/h9-10,12,14,18H,1-8,11,13,21H2,(H,22,24)(H,23,25);1H. The molecule has 4 N–H and O–H groups in total. The Bertz CT molecular complexity index is 629. The summed E-state index contributed by atoms with van der Waals surface area (Å²) in [5, 5.41) is 5.84. The number of benzene rings is 1. The predicted molar refractivity (Wildman–Crippen MR) is 106 cm³/mol. The molecule has 1 aromatic rings. The molecule has 1 atom stereocenters. The van der Waals surface area contributed by atoms with Gasteiger partial charge in [-0.2, -0.15) is 0 Å². The summed E-state index contributed by atoms with van der Waals surface area (Å²) in [4.78, 5) is 24.3. The van der Waals surface area contributed by atoms with Gasteiger partial charge in [-0.05, 0) is 61.3 Å². The van der Waals surface area contributed by atoms with E-state index in [1.807, 2.05) is 18.2 Å². The molecule has 5 nitrogen and oxygen atoms in total. The Morgan fingerprint density at radius 3 is 2.58 bits per heavy atom. The lowest BCUT2D eigenvalue weighted by Gasteiger charge is -2.27. The van der Waals surface area contributed by atoms with E-state index in [1.54, 1.807) is 0 Å². The predicted octanol–water partition coefficient (Wildman–Crippen LogP) is 3.27. The third-order valence-electron chi connectivity index (χ3n) is 5.46. The smallest absolute Gasteiger partial charge is 0.239 e. The van der Waals surface area contributed by atoms with Crippen LogP contribution in [0.4, 0.5) is 5.69 Å². The summed E-state index contributed by atoms with van der Waals surface area (Å²) in [6.07, 6.45) is 9.55. The number of nitrogens with one attached hydrogen (secondary N) is 2. The minimum Gasteiger partial charge on any atom is -0.399 e. The van der Waals surface area contributed by atoms with Gasteiger partial charge in [0.1, 0.15) is 0 Å². The molecular formula is C20H30ClN3O2. The number of hydrogen-bond donors (Lipinski definition) is 3. The highest BCUT2D eigenvalue weighted by molar-refractivity contribution is 5.85. The Balaban J connectivity index is 0.00000243. The lowest BCUT2D eigenvalue weighted by atomic mass is 9.87. The summed E-state index contributed by atoms with van der Waals surface area (Å²) >= 11 is 0. The number of hydrogen-bond acceptors (Lipinski definition) is 3. The summed E-state index contributed by atoms with van der Waals surface area (Å²) in [6.45, 7) is 0.0619. The molecule has 1 fully saturated rings. The fourth-order valence-electron chi connectivity index (χ4n) is 4.13. The number of aryl methyl sites for hydroxylation is 1. The molecule has 1 saturated carbocycles. The molecule has 1 aromatic carbocycles. The van der Waals surface area contributed by atoms with E-state index < -0.39 is 0 Å². The quantitative estimate of drug-likeness (QED) is 0.686. The van der Waals surface area contributed by atoms with E-state index in [0.29, 0.717) is 12.3 Å². The molecule has 2 amide bonds. The van der Waals surface area contributed by atoms with Crippen LogP contribution < -0.4 is 16.4 Å². The van der Waals surface area contributed by atoms with Gasteiger partial charge in [0.15, 0.2) is 0 Å². The fourth-order valence-corrected chi connectivity index (χ4v) is 4.13. The van der Waals surface area contributed by atoms with Crippen LogP contribution in [-0.2, 0) is 16.0 Å². The first kappa shape index (κ1) is 20.6. The Hall–Kier alpha value is -1.75. The van der Waals surface area contributed by atoms with Crippen molar-refractivity contribution in [1.29, 1.82) is 0 Å². The van der Waals surface area contributed by atoms with Gasteiger partial charge in [-0.3, -0.25) is 9.59 Å². The highest BCUT2D eigenvalue weighted by Gasteiger charge is 2.22. The maximum atomic E-state index is 12.2. The van der Waals surface area contributed by atoms with Crippen molar-refractivity contribution in [3.05, 3.63) is 29.3 Å². The van der Waals surface area contributed by atoms with Crippen molar-refractivity contribution >= 4 is 29.9 Å². The Morgan fingerprint density at radius 1 is 1.04 bits per heavy atom. The monoisotopic (exact) mass is 379 g/mol. The van der Waals surface area contributed by atoms with Gasteiger partial charge in [0.25, 0.3) is 0 Å². The number of halogens is 1. The Kier molecular flexibility index (Phi) is 7.76. The van der Waals surface area contributed by atoms with Gasteiger partial charge >= 0.3 is 0 Å². The average molecular weight is 380 g/mol. The fraction of sp³-hybridized carbons (Fsp3) is 0.600. The van der Waals surface area contributed by atoms with E-state index in [2.05, 4.69) is 10.6 Å². The Morgan fingerprint density at radius 2 is 1.81 bits per heavy atom. The van der Waals surface area contributed by atoms with E-state index in [-0.39, 0.29) is 36.8 Å². The van der Waals surface area contributed by atoms with Crippen LogP contribution >= 0.6 is 12.4 Å². The van der Waals surface area contributed by atoms with Crippen molar-refractivity contribution in [2.75, 3.05) is 12.3 Å². The van der Waals surface area contributed by atoms with Crippen LogP contribution in [0.15, 0.2) is 18.2 Å². The second-order valence-corrected chi connectivity index (χ2v) is 7.46. The molecule has 3 rings (SSSR count). The van der Waals surface area contributed by atoms with Crippen molar-refractivity contribution in [2.24, 2.45) is 5.92 Å². The lowest BCUT2D eigenvalue weighted by molar-refractivity contribution is -0.127. The Labute approximate surface area is 161 Å². The van der Waals surface area contributed by atoms with Gasteiger partial charge in [-0.1, -0.05) is 25.3 Å². The highest BCUT2D eigenvalue weighted by Crippen LogP contribution is 2.31. The SMILES string of the molecule is Cl.Nc1ccc2c(c1)CCCC2NC(=O)CNC(=O)CC1CCCCC1. The van der Waals surface area contributed by atoms with Gasteiger partial charge < -0.3 is 16.4 Å². The minimum atomic E-state index is -0.119. The topological polar surface area (TPSA) is 84.2 Å². The van der Waals surface area contributed by atoms with E-state index in [1.165, 1.54) is 24.8 Å². The molecule has 1 unspecified atom stereocenters. The van der Waals surface area contributed by atoms with Gasteiger partial charge in [0.2, 0.25) is 11.8 Å². The summed E-state index contributed by atoms with van der Waals surface area (Å²) in [5.74, 6) is 0.373. The number of fused-ring (bicyclic) bond motifs is 1. The molecule has 2 aliphatic carbocycles. The van der Waals surface area contributed by atoms with Crippen molar-refractivity contribution in [2.45, 2.75) is 63.8 Å². The molecule has 0 heterocycles. The molecule has 0 saturated heterocycles. The summed E-state index contributed by atoms with van der Waals surface area (Å²) in [7, 11) is 0. The van der Waals surface area contributed by atoms with Crippen molar-refractivity contribution in [3.8, 4) is 0 Å². The van der Waals surface area contributed by atoms with Crippen LogP contribution in [0.3, 0.4) is 0 Å². The zero-order chi connectivity index (χ0) is 17.6. The lowest BCUT2D eigenvalue weighted by Crippen LogP contribution is -2.40. The molecule has 26 heavy (non-hydrogen) atoms. The molecular weight excluding hydrogens is 350 g/mol. The first-order chi connectivity index (χ1) is 12.1. The summed E-state index contributed by atoms with van der Waals surface area (Å²) in [5.41, 5.74) is 8.99. The number of anilines is 1. The summed E-state index contributed by atoms with van der Waals surface area (Å²) < 4.78 is 0. The minimum absolute atomic E-state index is 0. The third-order valence-corrected chi connectivity index (χ3v) is 5.46. The van der Waals surface area contributed by atoms with Crippen LogP contribution in [-0.4, -0.2) is 18.4 Å². The maximum Gasteiger partial charge on any atom is 0.239 e. The number of nitrogen functional groups attached to an aromatic ring is 1. The van der Waals surface area contributed by atoms with Gasteiger partial charge in [0, 0.05) is 12.1 Å². The molecule has 0 aromatic heterocycles. The highest BCUT2D eigenvalue weighted by atomic mass is 35.5. The largest absolute Gasteiger partial charge is 0.399 e. The van der Waals surface area contributed by atoms with Crippen molar-refractivity contribution < 1.29 is 9.59 Å². The van der Waals surface area contributed by atoms with Crippen molar-refractivity contribution in [1.82, 2.24) is 10.6 Å². The first-order valence-corrected chi connectivity index (χ1v) is 9.56. The maximum absolute atomic E-state index is 12.2.